The molecule has 0 unspecified atom stereocenters. The number of carbonyl (C=O) groups excluding carboxylic acids is 1. The zero-order valence-corrected chi connectivity index (χ0v) is 22.4. The molecule has 9 heteroatoms. The van der Waals surface area contributed by atoms with Crippen molar-refractivity contribution in [1.82, 2.24) is 9.80 Å². The molecule has 2 amide bonds. The quantitative estimate of drug-likeness (QED) is 0.554. The molecule has 4 rings (SSSR count). The molecule has 2 N–H and O–H groups in total. The molecule has 1 atom stereocenters. The Morgan fingerprint density at radius 3 is 2.45 bits per heavy atom. The second kappa shape index (κ2) is 12.1. The minimum atomic E-state index is -0.865. The number of hydrogen-bond acceptors (Lipinski definition) is 5. The van der Waals surface area contributed by atoms with Gasteiger partial charge in [0.25, 0.3) is 0 Å². The van der Waals surface area contributed by atoms with Gasteiger partial charge in [0, 0.05) is 56.4 Å². The average molecular weight is 528 g/mol. The zero-order valence-electron chi connectivity index (χ0n) is 22.4. The van der Waals surface area contributed by atoms with Crippen LogP contribution in [0.15, 0.2) is 36.4 Å². The van der Waals surface area contributed by atoms with Crippen molar-refractivity contribution in [2.45, 2.75) is 64.8 Å². The highest BCUT2D eigenvalue weighted by molar-refractivity contribution is 5.94. The molecule has 8 nitrogen and oxygen atoms in total. The standard InChI is InChI=1S/C29H38FN3O5/c1-19-14-24(7-4-22(19)17-32-12-13-33(29(36)37)20(2)16-32)31(3)28(35)21-5-8-25(9-6-21)38-26-10-11-27(30)23(15-26)18-34/h4,7,10-11,14-15,20-21,25,34H,5-6,8-9,12-13,16-18H2,1-3H3,(H,36,37)/t20-,21?,25?/m0/s1. The molecule has 2 aliphatic rings. The van der Waals surface area contributed by atoms with Gasteiger partial charge in [-0.15, -0.1) is 0 Å². The number of amides is 2. The van der Waals surface area contributed by atoms with Crippen LogP contribution >= 0.6 is 0 Å². The van der Waals surface area contributed by atoms with E-state index in [1.165, 1.54) is 22.6 Å². The van der Waals surface area contributed by atoms with Crippen molar-refractivity contribution < 1.29 is 28.9 Å². The Balaban J connectivity index is 1.30. The van der Waals surface area contributed by atoms with Crippen LogP contribution in [0.5, 0.6) is 5.75 Å². The Hall–Kier alpha value is -3.17. The Kier molecular flexibility index (Phi) is 8.89. The molecule has 0 aromatic heterocycles. The maximum atomic E-state index is 13.6. The predicted octanol–water partition coefficient (Wildman–Crippen LogP) is 4.41. The van der Waals surface area contributed by atoms with Crippen LogP contribution < -0.4 is 9.64 Å². The first kappa shape index (κ1) is 27.9. The molecule has 1 aliphatic carbocycles. The number of benzene rings is 2. The van der Waals surface area contributed by atoms with Crippen LogP contribution in [-0.2, 0) is 17.9 Å². The number of carboxylic acid groups (broad SMARTS) is 1. The van der Waals surface area contributed by atoms with Gasteiger partial charge in [-0.1, -0.05) is 6.07 Å². The summed E-state index contributed by atoms with van der Waals surface area (Å²) in [4.78, 5) is 30.1. The molecule has 1 heterocycles. The highest BCUT2D eigenvalue weighted by Gasteiger charge is 2.30. The molecule has 0 spiro atoms. The summed E-state index contributed by atoms with van der Waals surface area (Å²) in [6.07, 6.45) is 2.01. The number of halogens is 1. The van der Waals surface area contributed by atoms with Gasteiger partial charge < -0.3 is 24.7 Å². The summed E-state index contributed by atoms with van der Waals surface area (Å²) in [7, 11) is 1.82. The maximum Gasteiger partial charge on any atom is 0.407 e. The first-order chi connectivity index (χ1) is 18.2. The number of anilines is 1. The number of aryl methyl sites for hydroxylation is 1. The van der Waals surface area contributed by atoms with Gasteiger partial charge in [0.1, 0.15) is 11.6 Å². The van der Waals surface area contributed by atoms with Crippen LogP contribution in [0.4, 0.5) is 14.9 Å². The lowest BCUT2D eigenvalue weighted by Crippen LogP contribution is -2.53. The van der Waals surface area contributed by atoms with Gasteiger partial charge in [-0.2, -0.15) is 0 Å². The number of carbonyl (C=O) groups is 2. The second-order valence-electron chi connectivity index (χ2n) is 10.6. The van der Waals surface area contributed by atoms with Crippen LogP contribution in [0.1, 0.15) is 49.3 Å². The largest absolute Gasteiger partial charge is 0.490 e. The normalized spacial score (nSPS) is 22.2. The fourth-order valence-corrected chi connectivity index (χ4v) is 5.53. The van der Waals surface area contributed by atoms with E-state index in [1.807, 2.05) is 33.0 Å². The van der Waals surface area contributed by atoms with E-state index < -0.39 is 11.9 Å². The molecule has 1 aliphatic heterocycles. The second-order valence-corrected chi connectivity index (χ2v) is 10.6. The first-order valence-electron chi connectivity index (χ1n) is 13.3. The van der Waals surface area contributed by atoms with Crippen molar-refractivity contribution in [1.29, 1.82) is 0 Å². The Morgan fingerprint density at radius 1 is 1.08 bits per heavy atom. The third-order valence-corrected chi connectivity index (χ3v) is 7.91. The fraction of sp³-hybridized carbons (Fsp3) is 0.517. The van der Waals surface area contributed by atoms with E-state index in [1.54, 1.807) is 11.0 Å². The molecule has 0 radical (unpaired) electrons. The van der Waals surface area contributed by atoms with E-state index in [2.05, 4.69) is 11.0 Å². The SMILES string of the molecule is Cc1cc(N(C)C(=O)C2CCC(Oc3ccc(F)c(CO)c3)CC2)ccc1CN1CCN(C(=O)O)[C@@H](C)C1. The van der Waals surface area contributed by atoms with Gasteiger partial charge in [0.15, 0.2) is 0 Å². The van der Waals surface area contributed by atoms with Gasteiger partial charge in [0.05, 0.1) is 12.7 Å². The molecular formula is C29H38FN3O5. The summed E-state index contributed by atoms with van der Waals surface area (Å²) in [5.41, 5.74) is 3.36. The molecule has 2 aromatic rings. The maximum absolute atomic E-state index is 13.6. The predicted molar refractivity (Wildman–Crippen MR) is 143 cm³/mol. The molecule has 2 aromatic carbocycles. The summed E-state index contributed by atoms with van der Waals surface area (Å²) < 4.78 is 19.6. The number of ether oxygens (including phenoxy) is 1. The first-order valence-corrected chi connectivity index (χ1v) is 13.3. The minimum absolute atomic E-state index is 0.0389. The number of aliphatic hydroxyl groups excluding tert-OH is 1. The van der Waals surface area contributed by atoms with E-state index in [0.717, 1.165) is 43.5 Å². The Morgan fingerprint density at radius 2 is 1.82 bits per heavy atom. The summed E-state index contributed by atoms with van der Waals surface area (Å²) in [5, 5.41) is 18.6. The average Bonchev–Trinajstić information content (AvgIpc) is 2.90. The number of piperazine rings is 1. The number of hydrogen-bond donors (Lipinski definition) is 2. The minimum Gasteiger partial charge on any atom is -0.490 e. The number of rotatable bonds is 7. The van der Waals surface area contributed by atoms with Crippen molar-refractivity contribution in [3.63, 3.8) is 0 Å². The summed E-state index contributed by atoms with van der Waals surface area (Å²) >= 11 is 0. The lowest BCUT2D eigenvalue weighted by molar-refractivity contribution is -0.123. The van der Waals surface area contributed by atoms with E-state index >= 15 is 0 Å². The highest BCUT2D eigenvalue weighted by atomic mass is 19.1. The Labute approximate surface area is 223 Å². The van der Waals surface area contributed by atoms with Crippen molar-refractivity contribution >= 4 is 17.7 Å². The van der Waals surface area contributed by atoms with E-state index in [0.29, 0.717) is 25.4 Å². The van der Waals surface area contributed by atoms with Gasteiger partial charge in [-0.3, -0.25) is 9.69 Å². The van der Waals surface area contributed by atoms with Crippen LogP contribution in [0.25, 0.3) is 0 Å². The molecule has 38 heavy (non-hydrogen) atoms. The van der Waals surface area contributed by atoms with Crippen LogP contribution in [0.3, 0.4) is 0 Å². The molecule has 1 saturated carbocycles. The van der Waals surface area contributed by atoms with Crippen LogP contribution in [0.2, 0.25) is 0 Å². The third-order valence-electron chi connectivity index (χ3n) is 7.91. The van der Waals surface area contributed by atoms with E-state index in [4.69, 9.17) is 4.74 Å². The number of aliphatic hydroxyl groups is 1. The lowest BCUT2D eigenvalue weighted by atomic mass is 9.86. The van der Waals surface area contributed by atoms with Gasteiger partial charge in [-0.25, -0.2) is 9.18 Å². The van der Waals surface area contributed by atoms with Crippen molar-refractivity contribution in [2.75, 3.05) is 31.6 Å². The van der Waals surface area contributed by atoms with Crippen LogP contribution in [-0.4, -0.2) is 70.8 Å². The topological polar surface area (TPSA) is 93.6 Å². The highest BCUT2D eigenvalue weighted by Crippen LogP contribution is 2.31. The molecule has 0 bridgehead atoms. The summed E-state index contributed by atoms with van der Waals surface area (Å²) in [6.45, 7) is 6.26. The van der Waals surface area contributed by atoms with Gasteiger partial charge in [0.2, 0.25) is 5.91 Å². The fourth-order valence-electron chi connectivity index (χ4n) is 5.53. The Bertz CT molecular complexity index is 1150. The van der Waals surface area contributed by atoms with Gasteiger partial charge >= 0.3 is 6.09 Å². The lowest BCUT2D eigenvalue weighted by Gasteiger charge is -2.38. The molecular weight excluding hydrogens is 489 g/mol. The smallest absolute Gasteiger partial charge is 0.407 e. The van der Waals surface area contributed by atoms with E-state index in [-0.39, 0.29) is 36.1 Å². The van der Waals surface area contributed by atoms with Crippen molar-refractivity contribution in [3.05, 3.63) is 58.9 Å². The van der Waals surface area contributed by atoms with Crippen molar-refractivity contribution in [2.24, 2.45) is 5.92 Å². The summed E-state index contributed by atoms with van der Waals surface area (Å²) in [6, 6.07) is 10.5. The van der Waals surface area contributed by atoms with Crippen molar-refractivity contribution in [3.8, 4) is 5.75 Å². The third kappa shape index (κ3) is 6.45. The molecule has 2 fully saturated rings. The zero-order chi connectivity index (χ0) is 27.4. The molecule has 206 valence electrons. The van der Waals surface area contributed by atoms with Crippen LogP contribution in [0, 0.1) is 18.7 Å². The van der Waals surface area contributed by atoms with Gasteiger partial charge in [-0.05, 0) is 81.0 Å². The number of nitrogens with zero attached hydrogens (tertiary/aromatic N) is 3. The molecule has 1 saturated heterocycles. The van der Waals surface area contributed by atoms with E-state index in [9.17, 15) is 24.2 Å². The summed E-state index contributed by atoms with van der Waals surface area (Å²) in [5.74, 6) is 0.108. The monoisotopic (exact) mass is 527 g/mol.